The Kier molecular flexibility index (Phi) is 6.62. The molecule has 1 aromatic heterocycles. The van der Waals surface area contributed by atoms with Crippen molar-refractivity contribution in [2.45, 2.75) is 4.90 Å². The zero-order valence-corrected chi connectivity index (χ0v) is 19.0. The molecule has 11 heteroatoms. The molecule has 34 heavy (non-hydrogen) atoms. The third kappa shape index (κ3) is 5.25. The highest BCUT2D eigenvalue weighted by Crippen LogP contribution is 2.24. The molecule has 3 N–H and O–H groups in total. The van der Waals surface area contributed by atoms with E-state index < -0.39 is 21.8 Å². The summed E-state index contributed by atoms with van der Waals surface area (Å²) in [5, 5.41) is 0.237. The van der Waals surface area contributed by atoms with Gasteiger partial charge in [0.15, 0.2) is 0 Å². The summed E-state index contributed by atoms with van der Waals surface area (Å²) in [5.41, 5.74) is 6.00. The van der Waals surface area contributed by atoms with Gasteiger partial charge in [0.05, 0.1) is 21.9 Å². The summed E-state index contributed by atoms with van der Waals surface area (Å²) >= 11 is 6.02. The van der Waals surface area contributed by atoms with Crippen LogP contribution >= 0.6 is 11.6 Å². The van der Waals surface area contributed by atoms with Crippen molar-refractivity contribution >= 4 is 39.1 Å². The minimum absolute atomic E-state index is 0.0396. The van der Waals surface area contributed by atoms with Gasteiger partial charge in [-0.3, -0.25) is 25.2 Å². The Labute approximate surface area is 200 Å². The monoisotopic (exact) mass is 495 g/mol. The van der Waals surface area contributed by atoms with Crippen LogP contribution in [0.4, 0.5) is 5.69 Å². The number of aromatic nitrogens is 2. The fraction of sp³-hybridized carbons (Fsp3) is 0. The summed E-state index contributed by atoms with van der Waals surface area (Å²) in [4.78, 5) is 28.7. The van der Waals surface area contributed by atoms with E-state index in [-0.39, 0.29) is 21.2 Å². The molecule has 0 aliphatic heterocycles. The van der Waals surface area contributed by atoms with Gasteiger partial charge in [0, 0.05) is 29.2 Å². The molecule has 4 rings (SSSR count). The van der Waals surface area contributed by atoms with E-state index in [0.29, 0.717) is 5.56 Å². The van der Waals surface area contributed by atoms with Crippen molar-refractivity contribution in [2.24, 2.45) is 0 Å². The molecule has 0 saturated heterocycles. The Morgan fingerprint density at radius 3 is 2.24 bits per heavy atom. The number of para-hydroxylation sites is 1. The van der Waals surface area contributed by atoms with E-state index in [9.17, 15) is 18.0 Å². The van der Waals surface area contributed by atoms with Gasteiger partial charge in [-0.05, 0) is 54.6 Å². The van der Waals surface area contributed by atoms with Crippen molar-refractivity contribution in [2.75, 3.05) is 4.72 Å². The minimum Gasteiger partial charge on any atom is -0.306 e. The largest absolute Gasteiger partial charge is 0.306 e. The highest BCUT2D eigenvalue weighted by atomic mass is 35.5. The topological polar surface area (TPSA) is 122 Å². The summed E-state index contributed by atoms with van der Waals surface area (Å²) in [7, 11) is -4.00. The van der Waals surface area contributed by atoms with Crippen molar-refractivity contribution < 1.29 is 18.0 Å². The third-order valence-electron chi connectivity index (χ3n) is 4.75. The number of benzene rings is 3. The van der Waals surface area contributed by atoms with Crippen molar-refractivity contribution in [3.05, 3.63) is 108 Å². The van der Waals surface area contributed by atoms with E-state index in [1.807, 2.05) is 0 Å². The molecule has 172 valence electrons. The zero-order valence-electron chi connectivity index (χ0n) is 17.5. The van der Waals surface area contributed by atoms with E-state index in [2.05, 4.69) is 20.6 Å². The molecule has 0 fully saturated rings. The van der Waals surface area contributed by atoms with Crippen LogP contribution in [0, 0.1) is 0 Å². The maximum atomic E-state index is 12.7. The second-order valence-electron chi connectivity index (χ2n) is 7.04. The van der Waals surface area contributed by atoms with Gasteiger partial charge in [-0.25, -0.2) is 13.4 Å². The first-order chi connectivity index (χ1) is 16.3. The third-order valence-corrected chi connectivity index (χ3v) is 6.44. The van der Waals surface area contributed by atoms with Crippen molar-refractivity contribution in [1.29, 1.82) is 0 Å². The van der Waals surface area contributed by atoms with Crippen LogP contribution in [0.2, 0.25) is 5.02 Å². The fourth-order valence-corrected chi connectivity index (χ4v) is 4.37. The molecule has 4 aromatic rings. The van der Waals surface area contributed by atoms with Crippen LogP contribution in [-0.2, 0) is 10.0 Å². The molecule has 0 bridgehead atoms. The number of amides is 2. The summed E-state index contributed by atoms with van der Waals surface area (Å²) < 4.78 is 29.6. The Morgan fingerprint density at radius 2 is 1.56 bits per heavy atom. The smallest absolute Gasteiger partial charge is 0.269 e. The molecule has 0 aliphatic carbocycles. The van der Waals surface area contributed by atoms with Gasteiger partial charge in [0.2, 0.25) is 0 Å². The predicted molar refractivity (Wildman–Crippen MR) is 127 cm³/mol. The van der Waals surface area contributed by atoms with Gasteiger partial charge in [-0.15, -0.1) is 0 Å². The van der Waals surface area contributed by atoms with Crippen LogP contribution in [0.5, 0.6) is 0 Å². The van der Waals surface area contributed by atoms with Gasteiger partial charge in [0.1, 0.15) is 0 Å². The van der Waals surface area contributed by atoms with Gasteiger partial charge >= 0.3 is 0 Å². The predicted octanol–water partition coefficient (Wildman–Crippen LogP) is 3.40. The fourth-order valence-electron chi connectivity index (χ4n) is 3.01. The van der Waals surface area contributed by atoms with E-state index in [1.54, 1.807) is 65.8 Å². The van der Waals surface area contributed by atoms with E-state index in [4.69, 9.17) is 11.6 Å². The number of sulfonamides is 1. The molecule has 0 radical (unpaired) electrons. The van der Waals surface area contributed by atoms with Crippen LogP contribution in [0.3, 0.4) is 0 Å². The van der Waals surface area contributed by atoms with Gasteiger partial charge in [0.25, 0.3) is 21.8 Å². The first-order valence-corrected chi connectivity index (χ1v) is 11.8. The zero-order chi connectivity index (χ0) is 24.1. The van der Waals surface area contributed by atoms with Crippen molar-refractivity contribution in [3.63, 3.8) is 0 Å². The molecule has 0 unspecified atom stereocenters. The maximum Gasteiger partial charge on any atom is 0.269 e. The number of nitrogens with zero attached hydrogens (tertiary/aromatic N) is 2. The molecular weight excluding hydrogens is 478 g/mol. The van der Waals surface area contributed by atoms with Gasteiger partial charge < -0.3 is 4.57 Å². The van der Waals surface area contributed by atoms with Crippen molar-refractivity contribution in [3.8, 4) is 5.69 Å². The molecular formula is C23H18ClN5O4S. The van der Waals surface area contributed by atoms with Gasteiger partial charge in [-0.2, -0.15) is 0 Å². The first-order valence-electron chi connectivity index (χ1n) is 9.90. The van der Waals surface area contributed by atoms with Crippen LogP contribution in [0.15, 0.2) is 96.4 Å². The number of halogens is 1. The Morgan fingerprint density at radius 1 is 0.853 bits per heavy atom. The first kappa shape index (κ1) is 23.0. The van der Waals surface area contributed by atoms with Crippen LogP contribution < -0.4 is 15.6 Å². The molecule has 0 atom stereocenters. The molecule has 2 amide bonds. The van der Waals surface area contributed by atoms with Crippen molar-refractivity contribution in [1.82, 2.24) is 20.4 Å². The van der Waals surface area contributed by atoms with Gasteiger partial charge in [-0.1, -0.05) is 29.8 Å². The number of rotatable bonds is 6. The number of imidazole rings is 1. The summed E-state index contributed by atoms with van der Waals surface area (Å²) in [6, 6.07) is 18.5. The second kappa shape index (κ2) is 9.77. The average molecular weight is 496 g/mol. The molecule has 1 heterocycles. The normalized spacial score (nSPS) is 11.0. The SMILES string of the molecule is O=C(NNC(=O)c1cccc(S(=O)(=O)Nc2ccccc2Cl)c1)c1ccc(-n2ccnc2)cc1. The summed E-state index contributed by atoms with van der Waals surface area (Å²) in [6.07, 6.45) is 5.05. The lowest BCUT2D eigenvalue weighted by Crippen LogP contribution is -2.41. The second-order valence-corrected chi connectivity index (χ2v) is 9.13. The number of carbonyl (C=O) groups excluding carboxylic acids is 2. The quantitative estimate of drug-likeness (QED) is 0.354. The molecule has 0 saturated carbocycles. The highest BCUT2D eigenvalue weighted by Gasteiger charge is 2.18. The maximum absolute atomic E-state index is 12.7. The standard InChI is InChI=1S/C23H18ClN5O4S/c24-20-6-1-2-7-21(20)28-34(32,33)19-5-3-4-17(14-19)23(31)27-26-22(30)16-8-10-18(11-9-16)29-13-12-25-15-29/h1-15,28H,(H,26,30)(H,27,31). The van der Waals surface area contributed by atoms with Crippen LogP contribution in [-0.4, -0.2) is 29.8 Å². The number of hydrogen-bond donors (Lipinski definition) is 3. The van der Waals surface area contributed by atoms with Crippen LogP contribution in [0.1, 0.15) is 20.7 Å². The lowest BCUT2D eigenvalue weighted by atomic mass is 10.2. The number of hydrazine groups is 1. The number of nitrogens with one attached hydrogen (secondary N) is 3. The molecule has 0 aliphatic rings. The summed E-state index contributed by atoms with van der Waals surface area (Å²) in [5.74, 6) is -1.21. The van der Waals surface area contributed by atoms with Crippen LogP contribution in [0.25, 0.3) is 5.69 Å². The highest BCUT2D eigenvalue weighted by molar-refractivity contribution is 7.92. The van der Waals surface area contributed by atoms with E-state index >= 15 is 0 Å². The minimum atomic E-state index is -4.00. The molecule has 0 spiro atoms. The molecule has 3 aromatic carbocycles. The lowest BCUT2D eigenvalue weighted by molar-refractivity contribution is 0.0846. The van der Waals surface area contributed by atoms with E-state index in [0.717, 1.165) is 5.69 Å². The Bertz CT molecular complexity index is 1440. The average Bonchev–Trinajstić information content (AvgIpc) is 3.39. The molecule has 9 nitrogen and oxygen atoms in total. The Balaban J connectivity index is 1.41. The summed E-state index contributed by atoms with van der Waals surface area (Å²) in [6.45, 7) is 0. The number of hydrogen-bond acceptors (Lipinski definition) is 5. The lowest BCUT2D eigenvalue weighted by Gasteiger charge is -2.11. The van der Waals surface area contributed by atoms with E-state index in [1.165, 1.54) is 30.3 Å². The number of carbonyl (C=O) groups is 2. The Hall–Kier alpha value is -4.15. The number of anilines is 1.